The fraction of sp³-hybridized carbons (Fsp3) is 0.692. The van der Waals surface area contributed by atoms with Crippen LogP contribution in [0.15, 0.2) is 41.3 Å². The zero-order chi connectivity index (χ0) is 22.7. The molecule has 0 spiro atoms. The summed E-state index contributed by atoms with van der Waals surface area (Å²) in [6, 6.07) is 6.69. The van der Waals surface area contributed by atoms with Crippen molar-refractivity contribution in [3.8, 4) is 0 Å². The number of ether oxygens (including phenoxy) is 1. The molecule has 0 bridgehead atoms. The first-order valence-corrected chi connectivity index (χ1v) is 14.2. The lowest BCUT2D eigenvalue weighted by Crippen LogP contribution is -2.51. The number of benzene rings is 1. The van der Waals surface area contributed by atoms with E-state index in [1.54, 1.807) is 31.4 Å². The highest BCUT2D eigenvalue weighted by Crippen LogP contribution is 2.49. The van der Waals surface area contributed by atoms with Crippen molar-refractivity contribution in [2.24, 2.45) is 11.8 Å². The van der Waals surface area contributed by atoms with Gasteiger partial charge in [-0.2, -0.15) is 4.89 Å². The van der Waals surface area contributed by atoms with E-state index < -0.39 is 21.2 Å². The highest BCUT2D eigenvalue weighted by molar-refractivity contribution is 7.90. The average Bonchev–Trinajstić information content (AvgIpc) is 3.25. The van der Waals surface area contributed by atoms with Gasteiger partial charge in [-0.1, -0.05) is 63.5 Å². The van der Waals surface area contributed by atoms with Crippen molar-refractivity contribution in [2.45, 2.75) is 93.3 Å². The zero-order valence-corrected chi connectivity index (χ0v) is 20.4. The van der Waals surface area contributed by atoms with E-state index in [2.05, 4.69) is 6.08 Å². The van der Waals surface area contributed by atoms with Gasteiger partial charge in [0.25, 0.3) is 0 Å². The van der Waals surface area contributed by atoms with E-state index in [9.17, 15) is 8.42 Å². The summed E-state index contributed by atoms with van der Waals surface area (Å²) in [6.07, 6.45) is 20.4. The van der Waals surface area contributed by atoms with Crippen LogP contribution in [0.5, 0.6) is 0 Å². The van der Waals surface area contributed by atoms with Crippen molar-refractivity contribution < 1.29 is 22.9 Å². The van der Waals surface area contributed by atoms with Crippen LogP contribution in [0.1, 0.15) is 82.6 Å². The third kappa shape index (κ3) is 4.84. The maximum absolute atomic E-state index is 11.9. The Hall–Kier alpha value is -1.21. The number of sulfone groups is 1. The Morgan fingerprint density at radius 2 is 1.28 bits per heavy atom. The molecule has 0 radical (unpaired) electrons. The van der Waals surface area contributed by atoms with Gasteiger partial charge in [-0.25, -0.2) is 13.3 Å². The summed E-state index contributed by atoms with van der Waals surface area (Å²) in [4.78, 5) is 12.9. The molecule has 0 aromatic heterocycles. The monoisotopic (exact) mass is 462 g/mol. The van der Waals surface area contributed by atoms with Gasteiger partial charge in [0, 0.05) is 18.9 Å². The van der Waals surface area contributed by atoms with Gasteiger partial charge in [-0.15, -0.1) is 0 Å². The van der Waals surface area contributed by atoms with Crippen LogP contribution in [0.25, 0.3) is 0 Å². The minimum absolute atomic E-state index is 0.277. The fourth-order valence-corrected chi connectivity index (χ4v) is 6.56. The van der Waals surface area contributed by atoms with Gasteiger partial charge in [-0.3, -0.25) is 0 Å². The van der Waals surface area contributed by atoms with Crippen molar-refractivity contribution in [3.63, 3.8) is 0 Å². The molecule has 1 aliphatic heterocycles. The Bertz CT molecular complexity index is 855. The van der Waals surface area contributed by atoms with Crippen molar-refractivity contribution in [3.05, 3.63) is 42.0 Å². The van der Waals surface area contributed by atoms with E-state index in [1.807, 2.05) is 6.08 Å². The maximum Gasteiger partial charge on any atom is 0.246 e. The Morgan fingerprint density at radius 3 is 1.66 bits per heavy atom. The van der Waals surface area contributed by atoms with Crippen LogP contribution in [0.3, 0.4) is 0 Å². The SMILES string of the molecule is COC1(c2ccc(S(C)(=O)=O)cc2)C=CC(C2CCCCCC2)(C2CCCCCC2)OO1. The summed E-state index contributed by atoms with van der Waals surface area (Å²) in [7, 11) is -1.66. The molecular weight excluding hydrogens is 424 g/mol. The van der Waals surface area contributed by atoms with Crippen molar-refractivity contribution >= 4 is 9.84 Å². The summed E-state index contributed by atoms with van der Waals surface area (Å²) >= 11 is 0. The highest BCUT2D eigenvalue weighted by Gasteiger charge is 2.51. The van der Waals surface area contributed by atoms with Gasteiger partial charge >= 0.3 is 0 Å². The Kier molecular flexibility index (Phi) is 7.45. The molecule has 4 rings (SSSR count). The molecular formula is C26H38O5S. The van der Waals surface area contributed by atoms with Gasteiger partial charge < -0.3 is 4.74 Å². The van der Waals surface area contributed by atoms with Crippen LogP contribution in [-0.2, 0) is 30.1 Å². The van der Waals surface area contributed by atoms with Crippen LogP contribution >= 0.6 is 0 Å². The van der Waals surface area contributed by atoms with E-state index in [1.165, 1.54) is 83.3 Å². The lowest BCUT2D eigenvalue weighted by Gasteiger charge is -2.47. The minimum Gasteiger partial charge on any atom is -0.344 e. The molecule has 1 aromatic carbocycles. The molecule has 1 heterocycles. The second-order valence-electron chi connectivity index (χ2n) is 9.90. The molecule has 6 heteroatoms. The molecule has 178 valence electrons. The minimum atomic E-state index is -3.26. The molecule has 0 amide bonds. The van der Waals surface area contributed by atoms with E-state index >= 15 is 0 Å². The highest BCUT2D eigenvalue weighted by atomic mass is 32.2. The standard InChI is InChI=1S/C26H38O5S/c1-29-26(23-15-17-24(18-16-23)32(2,27)28)20-19-25(30-31-26,21-11-7-3-4-8-12-21)22-13-9-5-6-10-14-22/h15-22H,3-14H2,1-2H3. The average molecular weight is 463 g/mol. The molecule has 5 nitrogen and oxygen atoms in total. The lowest BCUT2D eigenvalue weighted by atomic mass is 9.70. The molecule has 1 unspecified atom stereocenters. The van der Waals surface area contributed by atoms with E-state index in [-0.39, 0.29) is 4.90 Å². The number of rotatable bonds is 5. The Balaban J connectivity index is 1.68. The lowest BCUT2D eigenvalue weighted by molar-refractivity contribution is -0.470. The number of methoxy groups -OCH3 is 1. The van der Waals surface area contributed by atoms with Crippen molar-refractivity contribution in [1.82, 2.24) is 0 Å². The first-order valence-electron chi connectivity index (χ1n) is 12.3. The second-order valence-corrected chi connectivity index (χ2v) is 11.9. The molecule has 0 N–H and O–H groups in total. The van der Waals surface area contributed by atoms with Gasteiger partial charge in [0.15, 0.2) is 9.84 Å². The summed E-state index contributed by atoms with van der Waals surface area (Å²) in [5.41, 5.74) is 0.308. The summed E-state index contributed by atoms with van der Waals surface area (Å²) < 4.78 is 29.5. The Labute approximate surface area is 193 Å². The van der Waals surface area contributed by atoms with Gasteiger partial charge in [0.2, 0.25) is 5.79 Å². The smallest absolute Gasteiger partial charge is 0.246 e. The molecule has 32 heavy (non-hydrogen) atoms. The molecule has 0 saturated heterocycles. The Morgan fingerprint density at radius 1 is 0.781 bits per heavy atom. The third-order valence-corrected chi connectivity index (χ3v) is 8.98. The van der Waals surface area contributed by atoms with Gasteiger partial charge in [0.05, 0.1) is 4.90 Å². The van der Waals surface area contributed by atoms with Crippen LogP contribution in [0.4, 0.5) is 0 Å². The predicted octanol–water partition coefficient (Wildman–Crippen LogP) is 6.09. The maximum atomic E-state index is 11.9. The molecule has 2 aliphatic carbocycles. The summed E-state index contributed by atoms with van der Waals surface area (Å²) in [5, 5.41) is 0. The van der Waals surface area contributed by atoms with Gasteiger partial charge in [0.1, 0.15) is 5.60 Å². The zero-order valence-electron chi connectivity index (χ0n) is 19.6. The van der Waals surface area contributed by atoms with Crippen LogP contribution < -0.4 is 0 Å². The molecule has 1 atom stereocenters. The van der Waals surface area contributed by atoms with Crippen molar-refractivity contribution in [2.75, 3.05) is 13.4 Å². The number of hydrogen-bond acceptors (Lipinski definition) is 5. The first-order chi connectivity index (χ1) is 15.4. The molecule has 2 fully saturated rings. The third-order valence-electron chi connectivity index (χ3n) is 7.85. The van der Waals surface area contributed by atoms with E-state index in [4.69, 9.17) is 14.5 Å². The quantitative estimate of drug-likeness (QED) is 0.301. The molecule has 3 aliphatic rings. The summed E-state index contributed by atoms with van der Waals surface area (Å²) in [5.74, 6) is -0.270. The van der Waals surface area contributed by atoms with Crippen LogP contribution in [-0.4, -0.2) is 27.4 Å². The molecule has 2 saturated carbocycles. The largest absolute Gasteiger partial charge is 0.344 e. The number of hydrogen-bond donors (Lipinski definition) is 0. The van der Waals surface area contributed by atoms with Crippen molar-refractivity contribution in [1.29, 1.82) is 0 Å². The van der Waals surface area contributed by atoms with Crippen LogP contribution in [0, 0.1) is 11.8 Å². The predicted molar refractivity (Wildman–Crippen MR) is 125 cm³/mol. The first kappa shape index (κ1) is 23.9. The van der Waals surface area contributed by atoms with Crippen LogP contribution in [0.2, 0.25) is 0 Å². The van der Waals surface area contributed by atoms with Gasteiger partial charge in [-0.05, 0) is 61.8 Å². The normalized spacial score (nSPS) is 28.2. The fourth-order valence-electron chi connectivity index (χ4n) is 5.93. The summed E-state index contributed by atoms with van der Waals surface area (Å²) in [6.45, 7) is 0. The molecule has 1 aromatic rings. The van der Waals surface area contributed by atoms with E-state index in [0.29, 0.717) is 11.8 Å². The van der Waals surface area contributed by atoms with E-state index in [0.717, 1.165) is 5.56 Å². The topological polar surface area (TPSA) is 61.8 Å². The second kappa shape index (κ2) is 9.96.